The fraction of sp³-hybridized carbons (Fsp3) is 0.600. The maximum atomic E-state index is 5.07. The molecule has 0 amide bonds. The largest absolute Gasteiger partial charge is 0.403 e. The van der Waals surface area contributed by atoms with Gasteiger partial charge in [-0.05, 0) is 14.1 Å². The third-order valence-electron chi connectivity index (χ3n) is 0.825. The van der Waals surface area contributed by atoms with Crippen molar-refractivity contribution in [2.24, 2.45) is 0 Å². The van der Waals surface area contributed by atoms with Crippen LogP contribution in [0.1, 0.15) is 0 Å². The fourth-order valence-electron chi connectivity index (χ4n) is 0.448. The van der Waals surface area contributed by atoms with Gasteiger partial charge in [0.2, 0.25) is 0 Å². The van der Waals surface area contributed by atoms with Crippen LogP contribution in [0.2, 0.25) is 0 Å². The highest BCUT2D eigenvalue weighted by molar-refractivity contribution is 6.54. The predicted octanol–water partition coefficient (Wildman–Crippen LogP) is 0.408. The van der Waals surface area contributed by atoms with Crippen molar-refractivity contribution in [1.29, 1.82) is 0 Å². The first kappa shape index (κ1) is 7.88. The lowest BCUT2D eigenvalue weighted by molar-refractivity contribution is 0.375. The third-order valence-corrected chi connectivity index (χ3v) is 2.47. The summed E-state index contributed by atoms with van der Waals surface area (Å²) in [6.45, 7) is 3.63. The second kappa shape index (κ2) is 3.83. The average molecular weight is 130 g/mol. The van der Waals surface area contributed by atoms with Gasteiger partial charge in [-0.3, -0.25) is 0 Å². The van der Waals surface area contributed by atoms with Gasteiger partial charge in [-0.15, -0.1) is 6.58 Å². The van der Waals surface area contributed by atoms with Crippen LogP contribution in [-0.4, -0.2) is 35.0 Å². The van der Waals surface area contributed by atoms with Crippen LogP contribution in [0.4, 0.5) is 0 Å². The van der Waals surface area contributed by atoms with E-state index in [0.29, 0.717) is 0 Å². The van der Waals surface area contributed by atoms with Gasteiger partial charge in [0.1, 0.15) is 0 Å². The molecule has 0 aliphatic carbocycles. The van der Waals surface area contributed by atoms with Crippen LogP contribution in [0.25, 0.3) is 0 Å². The number of hydrogen-bond donors (Lipinski definition) is 0. The van der Waals surface area contributed by atoms with Crippen LogP contribution >= 0.6 is 0 Å². The summed E-state index contributed by atoms with van der Waals surface area (Å²) in [5, 5.41) is 0. The molecule has 8 heavy (non-hydrogen) atoms. The van der Waals surface area contributed by atoms with Gasteiger partial charge in [-0.1, -0.05) is 5.70 Å². The Kier molecular flexibility index (Phi) is 3.77. The zero-order chi connectivity index (χ0) is 6.57. The molecule has 0 aliphatic rings. The predicted molar refractivity (Wildman–Crippen MR) is 36.6 cm³/mol. The van der Waals surface area contributed by atoms with Gasteiger partial charge in [-0.25, -0.2) is 0 Å². The van der Waals surface area contributed by atoms with E-state index in [0.717, 1.165) is 0 Å². The van der Waals surface area contributed by atoms with Crippen molar-refractivity contribution in [2.75, 3.05) is 21.2 Å². The molecule has 0 spiro atoms. The highest BCUT2D eigenvalue weighted by atomic mass is 28.3. The lowest BCUT2D eigenvalue weighted by Gasteiger charge is -2.13. The van der Waals surface area contributed by atoms with Gasteiger partial charge in [0.15, 0.2) is 0 Å². The minimum atomic E-state index is -0.843. The average Bonchev–Trinajstić information content (AvgIpc) is 1.69. The fourth-order valence-corrected chi connectivity index (χ4v) is 1.35. The van der Waals surface area contributed by atoms with E-state index in [1.165, 1.54) is 0 Å². The van der Waals surface area contributed by atoms with Crippen molar-refractivity contribution in [2.45, 2.75) is 0 Å². The number of nitrogens with zero attached hydrogens (tertiary/aromatic N) is 1. The van der Waals surface area contributed by atoms with Gasteiger partial charge >= 0.3 is 9.20 Å². The molecule has 0 saturated heterocycles. The van der Waals surface area contributed by atoms with Gasteiger partial charge < -0.3 is 8.99 Å². The first-order valence-electron chi connectivity index (χ1n) is 2.43. The van der Waals surface area contributed by atoms with Crippen LogP contribution in [0.3, 0.4) is 0 Å². The van der Waals surface area contributed by atoms with Crippen molar-refractivity contribution in [3.63, 3.8) is 0 Å². The second-order valence-corrected chi connectivity index (χ2v) is 4.03. The standard InChI is InChI=1S/C5H12NOSi/c1-5-8(7-4)6(2)3/h5H,1H2,2-4H3. The summed E-state index contributed by atoms with van der Waals surface area (Å²) < 4.78 is 7.11. The molecule has 1 radical (unpaired) electrons. The van der Waals surface area contributed by atoms with Crippen LogP contribution in [0.5, 0.6) is 0 Å². The van der Waals surface area contributed by atoms with Crippen LogP contribution in [-0.2, 0) is 4.43 Å². The molecule has 0 unspecified atom stereocenters. The van der Waals surface area contributed by atoms with E-state index in [1.54, 1.807) is 7.11 Å². The molecule has 0 atom stereocenters. The molecule has 0 N–H and O–H groups in total. The smallest absolute Gasteiger partial charge is 0.334 e. The zero-order valence-electron chi connectivity index (χ0n) is 5.64. The van der Waals surface area contributed by atoms with Crippen LogP contribution < -0.4 is 0 Å². The first-order chi connectivity index (χ1) is 3.72. The molecule has 2 nitrogen and oxygen atoms in total. The molecule has 47 valence electrons. The van der Waals surface area contributed by atoms with Crippen molar-refractivity contribution in [3.05, 3.63) is 12.3 Å². The first-order valence-corrected chi connectivity index (χ1v) is 3.86. The normalized spacial score (nSPS) is 10.6. The minimum Gasteiger partial charge on any atom is -0.403 e. The topological polar surface area (TPSA) is 12.5 Å². The molecule has 0 aromatic heterocycles. The SMILES string of the molecule is C=C[Si](OC)N(C)C. The molecule has 0 aromatic carbocycles. The Labute approximate surface area is 52.6 Å². The highest BCUT2D eigenvalue weighted by Gasteiger charge is 2.07. The summed E-state index contributed by atoms with van der Waals surface area (Å²) in [5.41, 5.74) is 1.85. The van der Waals surface area contributed by atoms with E-state index in [4.69, 9.17) is 4.43 Å². The summed E-state index contributed by atoms with van der Waals surface area (Å²) in [5.74, 6) is 0. The van der Waals surface area contributed by atoms with Gasteiger partial charge in [0.25, 0.3) is 0 Å². The summed E-state index contributed by atoms with van der Waals surface area (Å²) in [6, 6.07) is 0. The quantitative estimate of drug-likeness (QED) is 0.513. The van der Waals surface area contributed by atoms with Gasteiger partial charge in [-0.2, -0.15) is 0 Å². The molecule has 0 saturated carbocycles. The summed E-state index contributed by atoms with van der Waals surface area (Å²) in [4.78, 5) is 0. The Bertz CT molecular complexity index is 74.8. The molecular weight excluding hydrogens is 118 g/mol. The van der Waals surface area contributed by atoms with E-state index < -0.39 is 9.20 Å². The summed E-state index contributed by atoms with van der Waals surface area (Å²) in [6.07, 6.45) is 0. The van der Waals surface area contributed by atoms with Gasteiger partial charge in [0.05, 0.1) is 0 Å². The van der Waals surface area contributed by atoms with E-state index in [1.807, 2.05) is 24.4 Å². The maximum absolute atomic E-state index is 5.07. The van der Waals surface area contributed by atoms with E-state index in [9.17, 15) is 0 Å². The molecule has 0 aromatic rings. The lowest BCUT2D eigenvalue weighted by Crippen LogP contribution is -2.32. The molecule has 0 bridgehead atoms. The van der Waals surface area contributed by atoms with E-state index >= 15 is 0 Å². The Morgan fingerprint density at radius 3 is 2.12 bits per heavy atom. The molecule has 0 fully saturated rings. The molecule has 0 rings (SSSR count). The Morgan fingerprint density at radius 2 is 2.12 bits per heavy atom. The number of hydrogen-bond acceptors (Lipinski definition) is 2. The molecule has 0 heterocycles. The Hall–Kier alpha value is -0.123. The Morgan fingerprint density at radius 1 is 1.62 bits per heavy atom. The van der Waals surface area contributed by atoms with Crippen molar-refractivity contribution < 1.29 is 4.43 Å². The van der Waals surface area contributed by atoms with Crippen molar-refractivity contribution in [1.82, 2.24) is 4.57 Å². The van der Waals surface area contributed by atoms with E-state index in [-0.39, 0.29) is 0 Å². The number of rotatable bonds is 3. The van der Waals surface area contributed by atoms with Crippen LogP contribution in [0.15, 0.2) is 12.3 Å². The summed E-state index contributed by atoms with van der Waals surface area (Å²) in [7, 11) is 4.83. The van der Waals surface area contributed by atoms with Crippen LogP contribution in [0, 0.1) is 0 Å². The Balaban J connectivity index is 3.51. The third kappa shape index (κ3) is 2.25. The minimum absolute atomic E-state index is 0.843. The van der Waals surface area contributed by atoms with E-state index in [2.05, 4.69) is 6.58 Å². The monoisotopic (exact) mass is 130 g/mol. The molecule has 3 heteroatoms. The zero-order valence-corrected chi connectivity index (χ0v) is 6.64. The highest BCUT2D eigenvalue weighted by Crippen LogP contribution is 1.86. The molecule has 0 aliphatic heterocycles. The van der Waals surface area contributed by atoms with Gasteiger partial charge in [0, 0.05) is 7.11 Å². The second-order valence-electron chi connectivity index (χ2n) is 1.64. The summed E-state index contributed by atoms with van der Waals surface area (Å²) >= 11 is 0. The van der Waals surface area contributed by atoms with Crippen molar-refractivity contribution >= 4 is 9.20 Å². The molecular formula is C5H12NOSi. The van der Waals surface area contributed by atoms with Crippen molar-refractivity contribution in [3.8, 4) is 0 Å². The lowest BCUT2D eigenvalue weighted by atomic mass is 11.2. The maximum Gasteiger partial charge on any atom is 0.334 e.